The van der Waals surface area contributed by atoms with Crippen molar-refractivity contribution in [1.82, 2.24) is 4.90 Å². The van der Waals surface area contributed by atoms with Crippen LogP contribution in [0.3, 0.4) is 0 Å². The third-order valence-corrected chi connectivity index (χ3v) is 5.76. The number of hydrogen-bond donors (Lipinski definition) is 0. The Morgan fingerprint density at radius 3 is 2.21 bits per heavy atom. The van der Waals surface area contributed by atoms with Gasteiger partial charge in [0, 0.05) is 4.47 Å². The third kappa shape index (κ3) is 4.43. The molecule has 1 heterocycles. The Morgan fingerprint density at radius 1 is 0.893 bits per heavy atom. The summed E-state index contributed by atoms with van der Waals surface area (Å²) in [5, 5.41) is 0.698. The molecule has 138 valence electrons. The quantitative estimate of drug-likeness (QED) is 0.441. The summed E-state index contributed by atoms with van der Waals surface area (Å²) in [6, 6.07) is 27.6. The molecule has 5 heteroatoms. The maximum absolute atomic E-state index is 13.1. The topological polar surface area (TPSA) is 32.7 Å². The molecule has 0 bridgehead atoms. The van der Waals surface area contributed by atoms with Crippen molar-refractivity contribution in [3.8, 4) is 0 Å². The lowest BCUT2D eigenvalue weighted by molar-refractivity contribution is -0.122. The van der Waals surface area contributed by atoms with Crippen molar-refractivity contribution in [3.05, 3.63) is 105 Å². The molecule has 0 radical (unpaired) electrons. The van der Waals surface area contributed by atoms with Gasteiger partial charge in [-0.3, -0.25) is 9.69 Å². The van der Waals surface area contributed by atoms with E-state index in [2.05, 4.69) is 15.9 Å². The number of aliphatic imine (C=N–C) groups is 1. The van der Waals surface area contributed by atoms with E-state index in [1.807, 2.05) is 91.0 Å². The van der Waals surface area contributed by atoms with Crippen molar-refractivity contribution < 1.29 is 4.79 Å². The predicted molar refractivity (Wildman–Crippen MR) is 120 cm³/mol. The smallest absolute Gasteiger partial charge is 0.267 e. The lowest BCUT2D eigenvalue weighted by Crippen LogP contribution is -2.28. The van der Waals surface area contributed by atoms with E-state index in [9.17, 15) is 4.79 Å². The standard InChI is InChI=1S/C23H17BrN2OS/c24-19-13-11-17(12-14-19)15-21-22(27)26(16-18-7-3-1-4-8-18)23(28-21)25-20-9-5-2-6-10-20/h1-15H,16H2. The Bertz CT molecular complexity index is 1030. The summed E-state index contributed by atoms with van der Waals surface area (Å²) < 4.78 is 1.01. The summed E-state index contributed by atoms with van der Waals surface area (Å²) in [7, 11) is 0. The zero-order chi connectivity index (χ0) is 19.3. The summed E-state index contributed by atoms with van der Waals surface area (Å²) in [5.74, 6) is -0.0218. The van der Waals surface area contributed by atoms with Crippen molar-refractivity contribution in [2.24, 2.45) is 4.99 Å². The summed E-state index contributed by atoms with van der Waals surface area (Å²) in [5.41, 5.74) is 2.89. The summed E-state index contributed by atoms with van der Waals surface area (Å²) in [6.45, 7) is 0.496. The fourth-order valence-electron chi connectivity index (χ4n) is 2.82. The van der Waals surface area contributed by atoms with Gasteiger partial charge in [-0.1, -0.05) is 76.6 Å². The molecule has 4 rings (SSSR count). The van der Waals surface area contributed by atoms with E-state index in [4.69, 9.17) is 4.99 Å². The van der Waals surface area contributed by atoms with Crippen molar-refractivity contribution >= 4 is 50.5 Å². The van der Waals surface area contributed by atoms with Crippen LogP contribution in [0.15, 0.2) is 99.3 Å². The number of nitrogens with zero attached hydrogens (tertiary/aromatic N) is 2. The second-order valence-electron chi connectivity index (χ2n) is 6.27. The van der Waals surface area contributed by atoms with Crippen LogP contribution in [0, 0.1) is 0 Å². The summed E-state index contributed by atoms with van der Waals surface area (Å²) >= 11 is 4.86. The average Bonchev–Trinajstić information content (AvgIpc) is 3.00. The molecule has 0 aromatic heterocycles. The highest BCUT2D eigenvalue weighted by Crippen LogP contribution is 2.35. The van der Waals surface area contributed by atoms with Crippen molar-refractivity contribution in [3.63, 3.8) is 0 Å². The molecule has 0 aliphatic carbocycles. The SMILES string of the molecule is O=C1C(=Cc2ccc(Br)cc2)SC(=Nc2ccccc2)N1Cc1ccccc1. The first kappa shape index (κ1) is 18.7. The number of thioether (sulfide) groups is 1. The minimum Gasteiger partial charge on any atom is -0.282 e. The number of hydrogen-bond acceptors (Lipinski definition) is 3. The fraction of sp³-hybridized carbons (Fsp3) is 0.0435. The first-order valence-electron chi connectivity index (χ1n) is 8.84. The Hall–Kier alpha value is -2.63. The maximum atomic E-state index is 13.1. The molecule has 1 fully saturated rings. The second-order valence-corrected chi connectivity index (χ2v) is 8.19. The van der Waals surface area contributed by atoms with Crippen LogP contribution in [-0.4, -0.2) is 16.0 Å². The number of halogens is 1. The average molecular weight is 449 g/mol. The van der Waals surface area contributed by atoms with E-state index in [0.717, 1.165) is 21.3 Å². The highest BCUT2D eigenvalue weighted by Gasteiger charge is 2.33. The van der Waals surface area contributed by atoms with Crippen LogP contribution in [0.25, 0.3) is 6.08 Å². The van der Waals surface area contributed by atoms with Gasteiger partial charge >= 0.3 is 0 Å². The van der Waals surface area contributed by atoms with Gasteiger partial charge in [0.1, 0.15) is 0 Å². The number of para-hydroxylation sites is 1. The Kier molecular flexibility index (Phi) is 5.74. The molecule has 3 aromatic carbocycles. The van der Waals surface area contributed by atoms with Gasteiger partial charge in [0.05, 0.1) is 17.1 Å². The monoisotopic (exact) mass is 448 g/mol. The lowest BCUT2D eigenvalue weighted by atomic mass is 10.2. The molecule has 3 nitrogen and oxygen atoms in total. The molecule has 1 amide bonds. The molecule has 3 aromatic rings. The number of benzene rings is 3. The molecular formula is C23H17BrN2OS. The largest absolute Gasteiger partial charge is 0.282 e. The summed E-state index contributed by atoms with van der Waals surface area (Å²) in [6.07, 6.45) is 1.92. The molecule has 28 heavy (non-hydrogen) atoms. The van der Waals surface area contributed by atoms with Crippen LogP contribution in [0.5, 0.6) is 0 Å². The van der Waals surface area contributed by atoms with E-state index in [1.54, 1.807) is 4.90 Å². The molecule has 0 spiro atoms. The fourth-order valence-corrected chi connectivity index (χ4v) is 4.08. The van der Waals surface area contributed by atoms with Crippen LogP contribution in [-0.2, 0) is 11.3 Å². The molecule has 1 aliphatic rings. The van der Waals surface area contributed by atoms with Crippen molar-refractivity contribution in [1.29, 1.82) is 0 Å². The van der Waals surface area contributed by atoms with Crippen LogP contribution < -0.4 is 0 Å². The van der Waals surface area contributed by atoms with Crippen LogP contribution in [0.1, 0.15) is 11.1 Å². The van der Waals surface area contributed by atoms with E-state index < -0.39 is 0 Å². The van der Waals surface area contributed by atoms with Crippen molar-refractivity contribution in [2.45, 2.75) is 6.54 Å². The highest BCUT2D eigenvalue weighted by atomic mass is 79.9. The van der Waals surface area contributed by atoms with Crippen LogP contribution in [0.2, 0.25) is 0 Å². The number of carbonyl (C=O) groups excluding carboxylic acids is 1. The highest BCUT2D eigenvalue weighted by molar-refractivity contribution is 9.10. The molecule has 1 aliphatic heterocycles. The van der Waals surface area contributed by atoms with Gasteiger partial charge in [0.15, 0.2) is 5.17 Å². The van der Waals surface area contributed by atoms with Crippen LogP contribution in [0.4, 0.5) is 5.69 Å². The van der Waals surface area contributed by atoms with E-state index in [1.165, 1.54) is 11.8 Å². The first-order chi connectivity index (χ1) is 13.7. The predicted octanol–water partition coefficient (Wildman–Crippen LogP) is 6.25. The molecule has 0 N–H and O–H groups in total. The number of amidine groups is 1. The zero-order valence-electron chi connectivity index (χ0n) is 15.0. The lowest BCUT2D eigenvalue weighted by Gasteiger charge is -2.15. The molecule has 1 saturated heterocycles. The van der Waals surface area contributed by atoms with Gasteiger partial charge in [-0.2, -0.15) is 0 Å². The Morgan fingerprint density at radius 2 is 1.54 bits per heavy atom. The molecule has 0 atom stereocenters. The van der Waals surface area contributed by atoms with E-state index >= 15 is 0 Å². The Labute approximate surface area is 176 Å². The van der Waals surface area contributed by atoms with Crippen LogP contribution >= 0.6 is 27.7 Å². The summed E-state index contributed by atoms with van der Waals surface area (Å²) in [4.78, 5) is 20.3. The first-order valence-corrected chi connectivity index (χ1v) is 10.4. The van der Waals surface area contributed by atoms with Gasteiger partial charge in [0.25, 0.3) is 5.91 Å². The maximum Gasteiger partial charge on any atom is 0.267 e. The molecule has 0 unspecified atom stereocenters. The molecule has 0 saturated carbocycles. The Balaban J connectivity index is 1.69. The van der Waals surface area contributed by atoms with E-state index in [0.29, 0.717) is 16.6 Å². The number of rotatable bonds is 4. The van der Waals surface area contributed by atoms with Gasteiger partial charge in [-0.25, -0.2) is 4.99 Å². The van der Waals surface area contributed by atoms with Gasteiger partial charge in [0.2, 0.25) is 0 Å². The third-order valence-electron chi connectivity index (χ3n) is 4.22. The number of carbonyl (C=O) groups is 1. The van der Waals surface area contributed by atoms with Gasteiger partial charge < -0.3 is 0 Å². The number of amides is 1. The minimum absolute atomic E-state index is 0.0218. The van der Waals surface area contributed by atoms with Crippen molar-refractivity contribution in [2.75, 3.05) is 0 Å². The normalized spacial score (nSPS) is 16.9. The van der Waals surface area contributed by atoms with Gasteiger partial charge in [-0.15, -0.1) is 0 Å². The minimum atomic E-state index is -0.0218. The van der Waals surface area contributed by atoms with E-state index in [-0.39, 0.29) is 5.91 Å². The van der Waals surface area contributed by atoms with Gasteiger partial charge in [-0.05, 0) is 53.2 Å². The second kappa shape index (κ2) is 8.59. The zero-order valence-corrected chi connectivity index (χ0v) is 17.4. The molecular weight excluding hydrogens is 432 g/mol.